The van der Waals surface area contributed by atoms with Gasteiger partial charge in [-0.05, 0) is 43.7 Å². The number of ether oxygens (including phenoxy) is 1. The van der Waals surface area contributed by atoms with Crippen molar-refractivity contribution in [2.75, 3.05) is 13.1 Å². The molecule has 3 heterocycles. The maximum Gasteiger partial charge on any atom is 0.277 e. The van der Waals surface area contributed by atoms with Gasteiger partial charge in [0.15, 0.2) is 0 Å². The number of halogens is 2. The Bertz CT molecular complexity index is 812. The summed E-state index contributed by atoms with van der Waals surface area (Å²) in [7, 11) is 0. The number of nitrogens with zero attached hydrogens (tertiary/aromatic N) is 3. The molecule has 0 aliphatic carbocycles. The number of piperidine rings is 1. The Morgan fingerprint density at radius 2 is 2.08 bits per heavy atom. The first-order valence-corrected chi connectivity index (χ1v) is 8.18. The number of hydrogen-bond donors (Lipinski definition) is 2. The van der Waals surface area contributed by atoms with Crippen LogP contribution in [0.25, 0.3) is 23.0 Å². The third-order valence-corrected chi connectivity index (χ3v) is 4.19. The van der Waals surface area contributed by atoms with Crippen LogP contribution in [0.5, 0.6) is 5.75 Å². The van der Waals surface area contributed by atoms with Gasteiger partial charge in [-0.2, -0.15) is 10.1 Å². The summed E-state index contributed by atoms with van der Waals surface area (Å²) in [6, 6.07) is 7.66. The van der Waals surface area contributed by atoms with Crippen LogP contribution >= 0.6 is 24.0 Å². The Hall–Kier alpha value is -2.09. The van der Waals surface area contributed by atoms with Crippen LogP contribution in [0, 0.1) is 0 Å². The molecular formula is C16H17Cl2N5O2. The van der Waals surface area contributed by atoms with Crippen molar-refractivity contribution in [3.05, 3.63) is 35.5 Å². The first-order valence-electron chi connectivity index (χ1n) is 7.80. The molecule has 2 aromatic heterocycles. The van der Waals surface area contributed by atoms with Crippen molar-refractivity contribution in [3.8, 4) is 28.7 Å². The summed E-state index contributed by atoms with van der Waals surface area (Å²) in [5.41, 5.74) is 1.36. The third-order valence-electron chi connectivity index (χ3n) is 3.90. The molecule has 0 bridgehead atoms. The standard InChI is InChI=1S/C16H16ClN5O2.ClH/c17-13-9-19-21-14(13)16-20-15(22-24-16)10-3-5-11(6-4-10)23-12-2-1-7-18-8-12;/h3-6,9,12,18H,1-2,7-8H2,(H,19,21);1H. The molecule has 0 saturated carbocycles. The molecule has 3 aromatic rings. The fourth-order valence-electron chi connectivity index (χ4n) is 2.66. The van der Waals surface area contributed by atoms with Crippen LogP contribution < -0.4 is 10.1 Å². The molecule has 0 amide bonds. The van der Waals surface area contributed by atoms with Gasteiger partial charge in [0.05, 0.1) is 11.2 Å². The van der Waals surface area contributed by atoms with Gasteiger partial charge in [-0.1, -0.05) is 16.8 Å². The van der Waals surface area contributed by atoms with E-state index in [1.807, 2.05) is 24.3 Å². The summed E-state index contributed by atoms with van der Waals surface area (Å²) in [5, 5.41) is 14.3. The third kappa shape index (κ3) is 3.95. The molecule has 7 nitrogen and oxygen atoms in total. The zero-order valence-electron chi connectivity index (χ0n) is 13.2. The largest absolute Gasteiger partial charge is 0.489 e. The van der Waals surface area contributed by atoms with E-state index in [0.717, 1.165) is 37.2 Å². The highest BCUT2D eigenvalue weighted by molar-refractivity contribution is 6.32. The first kappa shape index (κ1) is 17.7. The number of H-pyrrole nitrogens is 1. The zero-order valence-corrected chi connectivity index (χ0v) is 14.8. The summed E-state index contributed by atoms with van der Waals surface area (Å²) in [6.07, 6.45) is 3.94. The average molecular weight is 382 g/mol. The lowest BCUT2D eigenvalue weighted by Crippen LogP contribution is -2.37. The van der Waals surface area contributed by atoms with Gasteiger partial charge >= 0.3 is 0 Å². The summed E-state index contributed by atoms with van der Waals surface area (Å²) in [6.45, 7) is 1.96. The molecule has 1 atom stereocenters. The normalized spacial score (nSPS) is 17.1. The molecule has 1 saturated heterocycles. The molecule has 132 valence electrons. The number of aromatic nitrogens is 4. The van der Waals surface area contributed by atoms with Gasteiger partial charge in [-0.25, -0.2) is 0 Å². The molecule has 25 heavy (non-hydrogen) atoms. The van der Waals surface area contributed by atoms with Crippen molar-refractivity contribution in [2.45, 2.75) is 18.9 Å². The van der Waals surface area contributed by atoms with Gasteiger partial charge < -0.3 is 14.6 Å². The van der Waals surface area contributed by atoms with E-state index in [2.05, 4.69) is 25.7 Å². The molecule has 1 aromatic carbocycles. The Morgan fingerprint density at radius 1 is 1.24 bits per heavy atom. The molecule has 0 spiro atoms. The molecule has 2 N–H and O–H groups in total. The zero-order chi connectivity index (χ0) is 16.4. The molecule has 0 radical (unpaired) electrons. The maximum absolute atomic E-state index is 6.00. The minimum atomic E-state index is 0. The second kappa shape index (κ2) is 7.86. The lowest BCUT2D eigenvalue weighted by molar-refractivity contribution is 0.167. The fourth-order valence-corrected chi connectivity index (χ4v) is 2.83. The number of hydrogen-bond acceptors (Lipinski definition) is 6. The van der Waals surface area contributed by atoms with Crippen LogP contribution in [0.3, 0.4) is 0 Å². The number of nitrogens with one attached hydrogen (secondary N) is 2. The first-order chi connectivity index (χ1) is 11.8. The number of rotatable bonds is 4. The molecule has 9 heteroatoms. The minimum absolute atomic E-state index is 0. The number of aromatic amines is 1. The Labute approximate surface area is 155 Å². The predicted octanol–water partition coefficient (Wildman–Crippen LogP) is 3.33. The monoisotopic (exact) mass is 381 g/mol. The second-order valence-corrected chi connectivity index (χ2v) is 6.03. The predicted molar refractivity (Wildman–Crippen MR) is 96.1 cm³/mol. The number of benzene rings is 1. The lowest BCUT2D eigenvalue weighted by atomic mass is 10.1. The Kier molecular flexibility index (Phi) is 5.57. The second-order valence-electron chi connectivity index (χ2n) is 5.63. The van der Waals surface area contributed by atoms with E-state index in [4.69, 9.17) is 20.9 Å². The van der Waals surface area contributed by atoms with Gasteiger partial charge in [0.25, 0.3) is 5.89 Å². The van der Waals surface area contributed by atoms with E-state index >= 15 is 0 Å². The van der Waals surface area contributed by atoms with Crippen LogP contribution in [0.1, 0.15) is 12.8 Å². The van der Waals surface area contributed by atoms with Crippen molar-refractivity contribution in [3.63, 3.8) is 0 Å². The van der Waals surface area contributed by atoms with Crippen molar-refractivity contribution in [2.24, 2.45) is 0 Å². The molecular weight excluding hydrogens is 365 g/mol. The quantitative estimate of drug-likeness (QED) is 0.720. The molecule has 1 unspecified atom stereocenters. The van der Waals surface area contributed by atoms with Gasteiger partial charge in [0.2, 0.25) is 5.82 Å². The van der Waals surface area contributed by atoms with E-state index < -0.39 is 0 Å². The molecule has 4 rings (SSSR count). The SMILES string of the molecule is Cl.Clc1cn[nH]c1-c1nc(-c2ccc(OC3CCCNC3)cc2)no1. The van der Waals surface area contributed by atoms with Crippen molar-refractivity contribution >= 4 is 24.0 Å². The summed E-state index contributed by atoms with van der Waals surface area (Å²) in [4.78, 5) is 4.34. The van der Waals surface area contributed by atoms with Crippen LogP contribution in [-0.2, 0) is 0 Å². The summed E-state index contributed by atoms with van der Waals surface area (Å²) >= 11 is 6.00. The van der Waals surface area contributed by atoms with E-state index in [0.29, 0.717) is 22.4 Å². The van der Waals surface area contributed by atoms with Gasteiger partial charge in [0.1, 0.15) is 17.5 Å². The topological polar surface area (TPSA) is 88.9 Å². The maximum atomic E-state index is 6.00. The van der Waals surface area contributed by atoms with Gasteiger partial charge in [-0.15, -0.1) is 12.4 Å². The average Bonchev–Trinajstić information content (AvgIpc) is 3.25. The highest BCUT2D eigenvalue weighted by Gasteiger charge is 2.16. The van der Waals surface area contributed by atoms with E-state index in [1.54, 1.807) is 0 Å². The van der Waals surface area contributed by atoms with Crippen LogP contribution in [0.2, 0.25) is 5.02 Å². The van der Waals surface area contributed by atoms with Crippen molar-refractivity contribution in [1.82, 2.24) is 25.7 Å². The van der Waals surface area contributed by atoms with Crippen molar-refractivity contribution in [1.29, 1.82) is 0 Å². The summed E-state index contributed by atoms with van der Waals surface area (Å²) in [5.74, 6) is 1.63. The van der Waals surface area contributed by atoms with E-state index in [-0.39, 0.29) is 18.5 Å². The van der Waals surface area contributed by atoms with Gasteiger partial charge in [-0.3, -0.25) is 5.10 Å². The fraction of sp³-hybridized carbons (Fsp3) is 0.312. The Balaban J connectivity index is 0.00000182. The van der Waals surface area contributed by atoms with Crippen LogP contribution in [-0.4, -0.2) is 39.5 Å². The van der Waals surface area contributed by atoms with Gasteiger partial charge in [0, 0.05) is 12.1 Å². The minimum Gasteiger partial charge on any atom is -0.489 e. The highest BCUT2D eigenvalue weighted by Crippen LogP contribution is 2.27. The van der Waals surface area contributed by atoms with E-state index in [1.165, 1.54) is 6.20 Å². The molecule has 1 fully saturated rings. The Morgan fingerprint density at radius 3 is 2.76 bits per heavy atom. The van der Waals surface area contributed by atoms with Crippen molar-refractivity contribution < 1.29 is 9.26 Å². The van der Waals surface area contributed by atoms with Crippen LogP contribution in [0.4, 0.5) is 0 Å². The van der Waals surface area contributed by atoms with Crippen LogP contribution in [0.15, 0.2) is 35.0 Å². The highest BCUT2D eigenvalue weighted by atomic mass is 35.5. The smallest absolute Gasteiger partial charge is 0.277 e. The molecule has 1 aliphatic rings. The lowest BCUT2D eigenvalue weighted by Gasteiger charge is -2.23. The molecule has 1 aliphatic heterocycles. The summed E-state index contributed by atoms with van der Waals surface area (Å²) < 4.78 is 11.2. The van der Waals surface area contributed by atoms with E-state index in [9.17, 15) is 0 Å².